The summed E-state index contributed by atoms with van der Waals surface area (Å²) in [5.41, 5.74) is 3.94. The van der Waals surface area contributed by atoms with Crippen LogP contribution in [0.25, 0.3) is 11.0 Å². The lowest BCUT2D eigenvalue weighted by molar-refractivity contribution is 0.623. The highest BCUT2D eigenvalue weighted by Gasteiger charge is 2.11. The molecule has 0 saturated heterocycles. The van der Waals surface area contributed by atoms with E-state index in [0.717, 1.165) is 28.8 Å². The number of nitriles is 1. The molecule has 3 aromatic rings. The minimum atomic E-state index is -0.253. The number of hydrogen-bond acceptors (Lipinski definition) is 2. The molecule has 110 valence electrons. The third-order valence-electron chi connectivity index (χ3n) is 3.77. The van der Waals surface area contributed by atoms with E-state index in [9.17, 15) is 4.39 Å². The predicted molar refractivity (Wildman–Crippen MR) is 83.9 cm³/mol. The zero-order valence-electron chi connectivity index (χ0n) is 12.4. The number of rotatable bonds is 4. The molecule has 0 aliphatic rings. The molecule has 0 fully saturated rings. The van der Waals surface area contributed by atoms with Crippen molar-refractivity contribution in [2.45, 2.75) is 26.3 Å². The van der Waals surface area contributed by atoms with Crippen molar-refractivity contribution in [3.05, 3.63) is 65.2 Å². The van der Waals surface area contributed by atoms with Crippen LogP contribution in [0.2, 0.25) is 0 Å². The van der Waals surface area contributed by atoms with E-state index in [0.29, 0.717) is 6.54 Å². The standard InChI is InChI=1S/C18H16FN3/c1-2-13-6-7-17-16(11-13)21-18(8-9-20)22(17)12-14-4-3-5-15(19)10-14/h3-7,10-11H,2,8,12H2,1H3. The molecule has 1 heterocycles. The van der Waals surface area contributed by atoms with Crippen LogP contribution in [0.4, 0.5) is 4.39 Å². The summed E-state index contributed by atoms with van der Waals surface area (Å²) in [5.74, 6) is 0.465. The smallest absolute Gasteiger partial charge is 0.124 e. The molecule has 22 heavy (non-hydrogen) atoms. The Balaban J connectivity index is 2.09. The van der Waals surface area contributed by atoms with Gasteiger partial charge >= 0.3 is 0 Å². The molecule has 0 amide bonds. The third kappa shape index (κ3) is 2.71. The van der Waals surface area contributed by atoms with Gasteiger partial charge in [-0.25, -0.2) is 9.37 Å². The van der Waals surface area contributed by atoms with Gasteiger partial charge in [0.1, 0.15) is 11.6 Å². The number of halogens is 1. The average molecular weight is 293 g/mol. The van der Waals surface area contributed by atoms with E-state index in [4.69, 9.17) is 5.26 Å². The first kappa shape index (κ1) is 14.3. The Hall–Kier alpha value is -2.67. The van der Waals surface area contributed by atoms with Crippen molar-refractivity contribution in [1.29, 1.82) is 5.26 Å². The quantitative estimate of drug-likeness (QED) is 0.733. The summed E-state index contributed by atoms with van der Waals surface area (Å²) < 4.78 is 15.4. The molecule has 4 heteroatoms. The SMILES string of the molecule is CCc1ccc2c(c1)nc(CC#N)n2Cc1cccc(F)c1. The summed E-state index contributed by atoms with van der Waals surface area (Å²) in [6.07, 6.45) is 1.19. The van der Waals surface area contributed by atoms with E-state index in [2.05, 4.69) is 30.1 Å². The van der Waals surface area contributed by atoms with Crippen LogP contribution in [0.5, 0.6) is 0 Å². The molecule has 1 aromatic heterocycles. The van der Waals surface area contributed by atoms with Crippen LogP contribution in [-0.4, -0.2) is 9.55 Å². The van der Waals surface area contributed by atoms with Crippen LogP contribution >= 0.6 is 0 Å². The van der Waals surface area contributed by atoms with Gasteiger partial charge in [0.2, 0.25) is 0 Å². The Morgan fingerprint density at radius 3 is 2.77 bits per heavy atom. The molecule has 0 spiro atoms. The molecule has 0 radical (unpaired) electrons. The maximum atomic E-state index is 13.4. The Bertz CT molecular complexity index is 858. The topological polar surface area (TPSA) is 41.6 Å². The second kappa shape index (κ2) is 5.98. The van der Waals surface area contributed by atoms with Gasteiger partial charge in [-0.3, -0.25) is 0 Å². The fraction of sp³-hybridized carbons (Fsp3) is 0.222. The van der Waals surface area contributed by atoms with Crippen LogP contribution < -0.4 is 0 Å². The molecular formula is C18H16FN3. The lowest BCUT2D eigenvalue weighted by Gasteiger charge is -2.08. The van der Waals surface area contributed by atoms with E-state index in [1.165, 1.54) is 17.7 Å². The highest BCUT2D eigenvalue weighted by molar-refractivity contribution is 5.77. The van der Waals surface area contributed by atoms with Crippen LogP contribution in [-0.2, 0) is 19.4 Å². The number of hydrogen-bond donors (Lipinski definition) is 0. The molecule has 0 unspecified atom stereocenters. The minimum absolute atomic E-state index is 0.242. The summed E-state index contributed by atoms with van der Waals surface area (Å²) in [7, 11) is 0. The molecular weight excluding hydrogens is 277 g/mol. The van der Waals surface area contributed by atoms with Gasteiger partial charge in [-0.1, -0.05) is 25.1 Å². The molecule has 0 saturated carbocycles. The molecule has 3 rings (SSSR count). The first-order valence-corrected chi connectivity index (χ1v) is 7.30. The normalized spacial score (nSPS) is 10.8. The highest BCUT2D eigenvalue weighted by Crippen LogP contribution is 2.20. The molecule has 0 atom stereocenters. The van der Waals surface area contributed by atoms with Gasteiger partial charge in [0.15, 0.2) is 0 Å². The van der Waals surface area contributed by atoms with Gasteiger partial charge in [-0.05, 0) is 41.8 Å². The van der Waals surface area contributed by atoms with Crippen molar-refractivity contribution in [3.8, 4) is 6.07 Å². The number of aryl methyl sites for hydroxylation is 1. The maximum absolute atomic E-state index is 13.4. The first-order valence-electron chi connectivity index (χ1n) is 7.30. The summed E-state index contributed by atoms with van der Waals surface area (Å²) in [6, 6.07) is 14.8. The van der Waals surface area contributed by atoms with Crippen molar-refractivity contribution >= 4 is 11.0 Å². The van der Waals surface area contributed by atoms with E-state index < -0.39 is 0 Å². The maximum Gasteiger partial charge on any atom is 0.124 e. The molecule has 2 aromatic carbocycles. The zero-order valence-corrected chi connectivity index (χ0v) is 12.4. The second-order valence-corrected chi connectivity index (χ2v) is 5.26. The van der Waals surface area contributed by atoms with Gasteiger partial charge in [0, 0.05) is 6.54 Å². The van der Waals surface area contributed by atoms with E-state index >= 15 is 0 Å². The average Bonchev–Trinajstić information content (AvgIpc) is 2.84. The van der Waals surface area contributed by atoms with Gasteiger partial charge in [-0.15, -0.1) is 0 Å². The minimum Gasteiger partial charge on any atom is -0.323 e. The Morgan fingerprint density at radius 1 is 1.18 bits per heavy atom. The second-order valence-electron chi connectivity index (χ2n) is 5.26. The number of aromatic nitrogens is 2. The Labute approximate surface area is 128 Å². The van der Waals surface area contributed by atoms with Crippen LogP contribution in [0.1, 0.15) is 23.9 Å². The fourth-order valence-electron chi connectivity index (χ4n) is 2.65. The van der Waals surface area contributed by atoms with E-state index in [1.807, 2.05) is 16.7 Å². The van der Waals surface area contributed by atoms with Crippen LogP contribution in [0.3, 0.4) is 0 Å². The zero-order chi connectivity index (χ0) is 15.5. The monoisotopic (exact) mass is 293 g/mol. The number of benzene rings is 2. The molecule has 0 aliphatic heterocycles. The van der Waals surface area contributed by atoms with Crippen molar-refractivity contribution in [2.75, 3.05) is 0 Å². The molecule has 0 bridgehead atoms. The number of nitrogens with zero attached hydrogens (tertiary/aromatic N) is 3. The van der Waals surface area contributed by atoms with Crippen molar-refractivity contribution in [1.82, 2.24) is 9.55 Å². The molecule has 0 N–H and O–H groups in total. The van der Waals surface area contributed by atoms with Gasteiger partial charge in [0.05, 0.1) is 23.5 Å². The van der Waals surface area contributed by atoms with Gasteiger partial charge < -0.3 is 4.57 Å². The largest absolute Gasteiger partial charge is 0.323 e. The van der Waals surface area contributed by atoms with Crippen LogP contribution in [0, 0.1) is 17.1 Å². The lowest BCUT2D eigenvalue weighted by atomic mass is 10.1. The Morgan fingerprint density at radius 2 is 2.05 bits per heavy atom. The van der Waals surface area contributed by atoms with Crippen LogP contribution in [0.15, 0.2) is 42.5 Å². The molecule has 0 aliphatic carbocycles. The number of imidazole rings is 1. The summed E-state index contributed by atoms with van der Waals surface area (Å²) in [4.78, 5) is 4.58. The molecule has 3 nitrogen and oxygen atoms in total. The van der Waals surface area contributed by atoms with Crippen molar-refractivity contribution in [3.63, 3.8) is 0 Å². The lowest BCUT2D eigenvalue weighted by Crippen LogP contribution is -2.05. The van der Waals surface area contributed by atoms with E-state index in [-0.39, 0.29) is 12.2 Å². The summed E-state index contributed by atoms with van der Waals surface area (Å²) in [5, 5.41) is 9.02. The predicted octanol–water partition coefficient (Wildman–Crippen LogP) is 3.85. The van der Waals surface area contributed by atoms with Crippen molar-refractivity contribution in [2.24, 2.45) is 0 Å². The third-order valence-corrected chi connectivity index (χ3v) is 3.77. The summed E-state index contributed by atoms with van der Waals surface area (Å²) >= 11 is 0. The van der Waals surface area contributed by atoms with Gasteiger partial charge in [-0.2, -0.15) is 5.26 Å². The summed E-state index contributed by atoms with van der Waals surface area (Å²) in [6.45, 7) is 2.61. The number of fused-ring (bicyclic) bond motifs is 1. The highest BCUT2D eigenvalue weighted by atomic mass is 19.1. The fourth-order valence-corrected chi connectivity index (χ4v) is 2.65. The first-order chi connectivity index (χ1) is 10.7. The van der Waals surface area contributed by atoms with Crippen molar-refractivity contribution < 1.29 is 4.39 Å². The Kier molecular flexibility index (Phi) is 3.88. The van der Waals surface area contributed by atoms with E-state index in [1.54, 1.807) is 6.07 Å². The van der Waals surface area contributed by atoms with Gasteiger partial charge in [0.25, 0.3) is 0 Å².